The van der Waals surface area contributed by atoms with E-state index < -0.39 is 12.0 Å². The van der Waals surface area contributed by atoms with Crippen molar-refractivity contribution < 1.29 is 14.6 Å². The van der Waals surface area contributed by atoms with Crippen molar-refractivity contribution in [1.82, 2.24) is 4.98 Å². The quantitative estimate of drug-likeness (QED) is 0.735. The molecule has 14 heavy (non-hydrogen) atoms. The molecule has 0 saturated carbocycles. The summed E-state index contributed by atoms with van der Waals surface area (Å²) in [6, 6.07) is 2.81. The molecule has 0 spiro atoms. The number of nitrogens with two attached hydrogens (primary N) is 1. The first-order valence-electron chi connectivity index (χ1n) is 4.11. The Kier molecular flexibility index (Phi) is 3.41. The lowest BCUT2D eigenvalue weighted by atomic mass is 10.1. The molecule has 0 aliphatic rings. The van der Waals surface area contributed by atoms with E-state index in [0.29, 0.717) is 11.4 Å². The van der Waals surface area contributed by atoms with E-state index in [2.05, 4.69) is 4.98 Å². The lowest BCUT2D eigenvalue weighted by Gasteiger charge is -2.11. The maximum Gasteiger partial charge on any atom is 0.305 e. The molecule has 1 atom stereocenters. The lowest BCUT2D eigenvalue weighted by molar-refractivity contribution is -0.137. The second-order valence-electron chi connectivity index (χ2n) is 2.81. The van der Waals surface area contributed by atoms with Gasteiger partial charge in [0.1, 0.15) is 0 Å². The Morgan fingerprint density at radius 3 is 3.07 bits per heavy atom. The first-order valence-corrected chi connectivity index (χ1v) is 4.11. The van der Waals surface area contributed by atoms with Crippen LogP contribution in [0.25, 0.3) is 0 Å². The largest absolute Gasteiger partial charge is 0.481 e. The summed E-state index contributed by atoms with van der Waals surface area (Å²) in [5.41, 5.74) is 6.28. The Balaban J connectivity index is 2.87. The highest BCUT2D eigenvalue weighted by Gasteiger charge is 2.15. The molecule has 0 saturated heterocycles. The van der Waals surface area contributed by atoms with E-state index in [1.807, 2.05) is 0 Å². The van der Waals surface area contributed by atoms with Crippen LogP contribution in [0.4, 0.5) is 0 Å². The molecule has 1 aromatic heterocycles. The normalized spacial score (nSPS) is 12.1. The highest BCUT2D eigenvalue weighted by molar-refractivity contribution is 5.68. The zero-order valence-corrected chi connectivity index (χ0v) is 7.80. The molecule has 1 rings (SSSR count). The molecule has 0 radical (unpaired) electrons. The highest BCUT2D eigenvalue weighted by atomic mass is 16.5. The number of nitrogens with zero attached hydrogens (tertiary/aromatic N) is 1. The fraction of sp³-hybridized carbons (Fsp3) is 0.333. The van der Waals surface area contributed by atoms with Gasteiger partial charge in [0.2, 0.25) is 5.88 Å². The fourth-order valence-electron chi connectivity index (χ4n) is 1.15. The standard InChI is InChI=1S/C9H12N2O3/c1-14-9-6(3-2-4-11-9)7(10)5-8(12)13/h2-4,7H,5,10H2,1H3,(H,12,13). The Morgan fingerprint density at radius 2 is 2.50 bits per heavy atom. The van der Waals surface area contributed by atoms with Crippen LogP contribution in [-0.4, -0.2) is 23.2 Å². The van der Waals surface area contributed by atoms with Crippen LogP contribution >= 0.6 is 0 Å². The number of pyridine rings is 1. The average Bonchev–Trinajstić information content (AvgIpc) is 2.16. The Labute approximate surface area is 81.5 Å². The van der Waals surface area contributed by atoms with Crippen molar-refractivity contribution in [2.75, 3.05) is 7.11 Å². The van der Waals surface area contributed by atoms with Gasteiger partial charge in [0, 0.05) is 17.8 Å². The summed E-state index contributed by atoms with van der Waals surface area (Å²) >= 11 is 0. The summed E-state index contributed by atoms with van der Waals surface area (Å²) in [7, 11) is 1.47. The minimum absolute atomic E-state index is 0.137. The molecule has 5 heteroatoms. The van der Waals surface area contributed by atoms with Gasteiger partial charge in [0.15, 0.2) is 0 Å². The van der Waals surface area contributed by atoms with Crippen molar-refractivity contribution in [1.29, 1.82) is 0 Å². The van der Waals surface area contributed by atoms with E-state index in [1.54, 1.807) is 18.3 Å². The number of hydrogen-bond donors (Lipinski definition) is 2. The van der Waals surface area contributed by atoms with Gasteiger partial charge in [-0.3, -0.25) is 4.79 Å². The molecule has 0 bridgehead atoms. The van der Waals surface area contributed by atoms with Crippen LogP contribution in [0.3, 0.4) is 0 Å². The average molecular weight is 196 g/mol. The lowest BCUT2D eigenvalue weighted by Crippen LogP contribution is -2.16. The predicted molar refractivity (Wildman–Crippen MR) is 50.0 cm³/mol. The molecule has 76 valence electrons. The monoisotopic (exact) mass is 196 g/mol. The third kappa shape index (κ3) is 2.43. The third-order valence-corrected chi connectivity index (χ3v) is 1.79. The summed E-state index contributed by atoms with van der Waals surface area (Å²) in [5, 5.41) is 8.57. The number of aliphatic carboxylic acids is 1. The van der Waals surface area contributed by atoms with Gasteiger partial charge < -0.3 is 15.6 Å². The Morgan fingerprint density at radius 1 is 1.79 bits per heavy atom. The number of aromatic nitrogens is 1. The summed E-state index contributed by atoms with van der Waals surface area (Å²) in [6.45, 7) is 0. The minimum atomic E-state index is -0.941. The van der Waals surface area contributed by atoms with Crippen LogP contribution in [-0.2, 0) is 4.79 Å². The molecule has 0 aliphatic carbocycles. The SMILES string of the molecule is COc1ncccc1C(N)CC(=O)O. The number of ether oxygens (including phenoxy) is 1. The first-order chi connectivity index (χ1) is 6.65. The molecule has 0 fully saturated rings. The fourth-order valence-corrected chi connectivity index (χ4v) is 1.15. The number of rotatable bonds is 4. The predicted octanol–water partition coefficient (Wildman–Crippen LogP) is 0.565. The van der Waals surface area contributed by atoms with Crippen molar-refractivity contribution >= 4 is 5.97 Å². The Hall–Kier alpha value is -1.62. The molecule has 3 N–H and O–H groups in total. The summed E-state index contributed by atoms with van der Waals surface area (Å²) < 4.78 is 4.96. The number of methoxy groups -OCH3 is 1. The summed E-state index contributed by atoms with van der Waals surface area (Å²) in [4.78, 5) is 14.4. The molecule has 1 aromatic rings. The van der Waals surface area contributed by atoms with E-state index in [4.69, 9.17) is 15.6 Å². The molecule has 5 nitrogen and oxygen atoms in total. The first kappa shape index (κ1) is 10.5. The molecular formula is C9H12N2O3. The van der Waals surface area contributed by atoms with Gasteiger partial charge in [-0.2, -0.15) is 0 Å². The van der Waals surface area contributed by atoms with Crippen LogP contribution < -0.4 is 10.5 Å². The van der Waals surface area contributed by atoms with Gasteiger partial charge in [-0.25, -0.2) is 4.98 Å². The van der Waals surface area contributed by atoms with Crippen molar-refractivity contribution in [2.24, 2.45) is 5.73 Å². The Bertz CT molecular complexity index is 328. The molecule has 1 heterocycles. The number of carbonyl (C=O) groups is 1. The van der Waals surface area contributed by atoms with Crippen molar-refractivity contribution in [3.05, 3.63) is 23.9 Å². The second kappa shape index (κ2) is 4.57. The van der Waals surface area contributed by atoms with E-state index >= 15 is 0 Å². The van der Waals surface area contributed by atoms with E-state index in [1.165, 1.54) is 7.11 Å². The molecule has 0 amide bonds. The highest BCUT2D eigenvalue weighted by Crippen LogP contribution is 2.22. The van der Waals surface area contributed by atoms with Crippen LogP contribution in [0.15, 0.2) is 18.3 Å². The van der Waals surface area contributed by atoms with Gasteiger partial charge in [-0.15, -0.1) is 0 Å². The van der Waals surface area contributed by atoms with Crippen molar-refractivity contribution in [3.8, 4) is 5.88 Å². The zero-order valence-electron chi connectivity index (χ0n) is 7.80. The van der Waals surface area contributed by atoms with Crippen LogP contribution in [0.5, 0.6) is 5.88 Å². The maximum absolute atomic E-state index is 10.4. The third-order valence-electron chi connectivity index (χ3n) is 1.79. The van der Waals surface area contributed by atoms with Crippen molar-refractivity contribution in [3.63, 3.8) is 0 Å². The topological polar surface area (TPSA) is 85.4 Å². The van der Waals surface area contributed by atoms with Crippen LogP contribution in [0, 0.1) is 0 Å². The number of carboxylic acids is 1. The number of carboxylic acid groups (broad SMARTS) is 1. The van der Waals surface area contributed by atoms with Gasteiger partial charge in [0.25, 0.3) is 0 Å². The molecular weight excluding hydrogens is 184 g/mol. The van der Waals surface area contributed by atoms with Gasteiger partial charge in [-0.1, -0.05) is 6.07 Å². The minimum Gasteiger partial charge on any atom is -0.481 e. The van der Waals surface area contributed by atoms with Gasteiger partial charge in [-0.05, 0) is 6.07 Å². The van der Waals surface area contributed by atoms with E-state index in [0.717, 1.165) is 0 Å². The van der Waals surface area contributed by atoms with Crippen LogP contribution in [0.2, 0.25) is 0 Å². The smallest absolute Gasteiger partial charge is 0.305 e. The molecule has 0 aromatic carbocycles. The van der Waals surface area contributed by atoms with Crippen LogP contribution in [0.1, 0.15) is 18.0 Å². The summed E-state index contributed by atoms with van der Waals surface area (Å²) in [5.74, 6) is -0.565. The molecule has 0 aliphatic heterocycles. The second-order valence-corrected chi connectivity index (χ2v) is 2.81. The van der Waals surface area contributed by atoms with E-state index in [9.17, 15) is 4.79 Å². The van der Waals surface area contributed by atoms with E-state index in [-0.39, 0.29) is 6.42 Å². The zero-order chi connectivity index (χ0) is 10.6. The summed E-state index contributed by atoms with van der Waals surface area (Å²) in [6.07, 6.45) is 1.43. The molecule has 1 unspecified atom stereocenters. The van der Waals surface area contributed by atoms with Gasteiger partial charge >= 0.3 is 5.97 Å². The van der Waals surface area contributed by atoms with Gasteiger partial charge in [0.05, 0.1) is 13.5 Å². The number of hydrogen-bond acceptors (Lipinski definition) is 4. The van der Waals surface area contributed by atoms with Crippen molar-refractivity contribution in [2.45, 2.75) is 12.5 Å². The maximum atomic E-state index is 10.4.